The number of alkyl halides is 1. The third-order valence-electron chi connectivity index (χ3n) is 3.42. The zero-order chi connectivity index (χ0) is 10.7. The zero-order valence-electron chi connectivity index (χ0n) is 8.77. The molecule has 0 spiro atoms. The van der Waals surface area contributed by atoms with Crippen LogP contribution in [-0.4, -0.2) is 5.33 Å². The molecule has 0 unspecified atom stereocenters. The lowest BCUT2D eigenvalue weighted by Crippen LogP contribution is -2.28. The first kappa shape index (κ1) is 12.1. The first-order chi connectivity index (χ1) is 7.26. The van der Waals surface area contributed by atoms with Gasteiger partial charge in [0.2, 0.25) is 0 Å². The van der Waals surface area contributed by atoms with Crippen molar-refractivity contribution in [2.24, 2.45) is 5.41 Å². The summed E-state index contributed by atoms with van der Waals surface area (Å²) >= 11 is 9.26. The van der Waals surface area contributed by atoms with E-state index in [1.807, 2.05) is 11.3 Å². The minimum atomic E-state index is 0.533. The van der Waals surface area contributed by atoms with Crippen LogP contribution in [0.2, 0.25) is 0 Å². The summed E-state index contributed by atoms with van der Waals surface area (Å²) in [6, 6.07) is 2.17. The van der Waals surface area contributed by atoms with Crippen molar-refractivity contribution in [2.75, 3.05) is 5.33 Å². The fraction of sp³-hybridized carbons (Fsp3) is 0.667. The lowest BCUT2D eigenvalue weighted by Gasteiger charge is -2.35. The molecule has 0 amide bonds. The minimum Gasteiger partial charge on any atom is -0.148 e. The van der Waals surface area contributed by atoms with Crippen LogP contribution in [0.4, 0.5) is 0 Å². The van der Waals surface area contributed by atoms with Gasteiger partial charge in [0.1, 0.15) is 0 Å². The molecule has 15 heavy (non-hydrogen) atoms. The zero-order valence-corrected chi connectivity index (χ0v) is 12.8. The highest BCUT2D eigenvalue weighted by Gasteiger charge is 2.31. The molecule has 1 aromatic rings. The second-order valence-corrected chi connectivity index (χ2v) is 6.98. The van der Waals surface area contributed by atoms with Crippen LogP contribution in [0.15, 0.2) is 15.9 Å². The van der Waals surface area contributed by atoms with Crippen LogP contribution in [0, 0.1) is 5.41 Å². The van der Waals surface area contributed by atoms with Gasteiger partial charge in [-0.1, -0.05) is 35.2 Å². The Balaban J connectivity index is 2.10. The standard InChI is InChI=1S/C12H16Br2S/c13-9-12(5-2-1-3-6-12)8-11-10(14)4-7-15-11/h4,7H,1-3,5-6,8-9H2. The van der Waals surface area contributed by atoms with E-state index in [9.17, 15) is 0 Å². The molecule has 1 aliphatic rings. The molecule has 0 radical (unpaired) electrons. The van der Waals surface area contributed by atoms with Gasteiger partial charge in [-0.15, -0.1) is 11.3 Å². The maximum Gasteiger partial charge on any atom is 0.0314 e. The maximum atomic E-state index is 3.73. The third-order valence-corrected chi connectivity index (χ3v) is 6.54. The van der Waals surface area contributed by atoms with E-state index in [1.54, 1.807) is 0 Å². The minimum absolute atomic E-state index is 0.533. The van der Waals surface area contributed by atoms with Crippen LogP contribution in [-0.2, 0) is 6.42 Å². The Bertz CT molecular complexity index is 313. The summed E-state index contributed by atoms with van der Waals surface area (Å²) in [6.45, 7) is 0. The van der Waals surface area contributed by atoms with E-state index in [4.69, 9.17) is 0 Å². The molecule has 2 rings (SSSR count). The van der Waals surface area contributed by atoms with E-state index in [0.717, 1.165) is 5.33 Å². The summed E-state index contributed by atoms with van der Waals surface area (Å²) < 4.78 is 1.30. The molecular formula is C12H16Br2S. The number of halogens is 2. The summed E-state index contributed by atoms with van der Waals surface area (Å²) in [7, 11) is 0. The van der Waals surface area contributed by atoms with Crippen LogP contribution in [0.25, 0.3) is 0 Å². The molecule has 0 atom stereocenters. The number of hydrogen-bond acceptors (Lipinski definition) is 1. The topological polar surface area (TPSA) is 0 Å². The maximum absolute atomic E-state index is 3.73. The molecule has 1 saturated carbocycles. The highest BCUT2D eigenvalue weighted by molar-refractivity contribution is 9.10. The Labute approximate surface area is 113 Å². The van der Waals surface area contributed by atoms with E-state index in [-0.39, 0.29) is 0 Å². The Kier molecular flexibility index (Phi) is 4.31. The number of thiophene rings is 1. The van der Waals surface area contributed by atoms with Crippen molar-refractivity contribution in [2.45, 2.75) is 38.5 Å². The monoisotopic (exact) mass is 350 g/mol. The van der Waals surface area contributed by atoms with Crippen LogP contribution in [0.5, 0.6) is 0 Å². The fourth-order valence-corrected chi connectivity index (χ4v) is 4.88. The first-order valence-electron chi connectivity index (χ1n) is 5.54. The number of rotatable bonds is 3. The average Bonchev–Trinajstić information content (AvgIpc) is 2.66. The van der Waals surface area contributed by atoms with E-state index in [0.29, 0.717) is 5.41 Å². The van der Waals surface area contributed by atoms with Gasteiger partial charge in [0.05, 0.1) is 0 Å². The Morgan fingerprint density at radius 2 is 2.00 bits per heavy atom. The SMILES string of the molecule is BrCC1(Cc2sccc2Br)CCCCC1. The lowest BCUT2D eigenvalue weighted by molar-refractivity contribution is 0.224. The fourth-order valence-electron chi connectivity index (χ4n) is 2.45. The second-order valence-electron chi connectivity index (χ2n) is 4.56. The summed E-state index contributed by atoms with van der Waals surface area (Å²) in [5.41, 5.74) is 0.533. The van der Waals surface area contributed by atoms with E-state index >= 15 is 0 Å². The van der Waals surface area contributed by atoms with E-state index in [1.165, 1.54) is 47.9 Å². The van der Waals surface area contributed by atoms with Gasteiger partial charge in [0.25, 0.3) is 0 Å². The van der Waals surface area contributed by atoms with Crippen molar-refractivity contribution in [3.05, 3.63) is 20.8 Å². The molecule has 0 nitrogen and oxygen atoms in total. The first-order valence-corrected chi connectivity index (χ1v) is 8.33. The molecule has 1 aliphatic carbocycles. The van der Waals surface area contributed by atoms with Gasteiger partial charge in [0.15, 0.2) is 0 Å². The van der Waals surface area contributed by atoms with Crippen LogP contribution < -0.4 is 0 Å². The molecule has 1 heterocycles. The van der Waals surface area contributed by atoms with Crippen LogP contribution in [0.3, 0.4) is 0 Å². The summed E-state index contributed by atoms with van der Waals surface area (Å²) in [5, 5.41) is 3.34. The summed E-state index contributed by atoms with van der Waals surface area (Å²) in [5.74, 6) is 0. The lowest BCUT2D eigenvalue weighted by atomic mass is 9.73. The highest BCUT2D eigenvalue weighted by atomic mass is 79.9. The average molecular weight is 352 g/mol. The molecular weight excluding hydrogens is 336 g/mol. The number of hydrogen-bond donors (Lipinski definition) is 0. The Hall–Kier alpha value is 0.660. The predicted octanol–water partition coefficient (Wildman–Crippen LogP) is 5.40. The van der Waals surface area contributed by atoms with Crippen molar-refractivity contribution >= 4 is 43.2 Å². The van der Waals surface area contributed by atoms with Gasteiger partial charge < -0.3 is 0 Å². The van der Waals surface area contributed by atoms with Crippen molar-refractivity contribution in [3.63, 3.8) is 0 Å². The van der Waals surface area contributed by atoms with Gasteiger partial charge in [0, 0.05) is 14.7 Å². The molecule has 3 heteroatoms. The molecule has 84 valence electrons. The van der Waals surface area contributed by atoms with Gasteiger partial charge in [-0.2, -0.15) is 0 Å². The highest BCUT2D eigenvalue weighted by Crippen LogP contribution is 2.42. The quantitative estimate of drug-likeness (QED) is 0.639. The summed E-state index contributed by atoms with van der Waals surface area (Å²) in [6.07, 6.45) is 8.28. The van der Waals surface area contributed by atoms with Gasteiger partial charge in [-0.3, -0.25) is 0 Å². The van der Waals surface area contributed by atoms with E-state index in [2.05, 4.69) is 43.3 Å². The van der Waals surface area contributed by atoms with Crippen molar-refractivity contribution in [3.8, 4) is 0 Å². The van der Waals surface area contributed by atoms with Crippen molar-refractivity contribution < 1.29 is 0 Å². The normalized spacial score (nSPS) is 20.4. The third kappa shape index (κ3) is 2.86. The molecule has 1 fully saturated rings. The second kappa shape index (κ2) is 5.33. The van der Waals surface area contributed by atoms with Crippen LogP contribution >= 0.6 is 43.2 Å². The largest absolute Gasteiger partial charge is 0.148 e. The van der Waals surface area contributed by atoms with Gasteiger partial charge in [-0.05, 0) is 52.1 Å². The summed E-state index contributed by atoms with van der Waals surface area (Å²) in [4.78, 5) is 1.52. The Morgan fingerprint density at radius 3 is 2.53 bits per heavy atom. The van der Waals surface area contributed by atoms with Crippen molar-refractivity contribution in [1.29, 1.82) is 0 Å². The van der Waals surface area contributed by atoms with Gasteiger partial charge in [-0.25, -0.2) is 0 Å². The molecule has 0 aromatic carbocycles. The molecule has 0 aliphatic heterocycles. The van der Waals surface area contributed by atoms with Gasteiger partial charge >= 0.3 is 0 Å². The van der Waals surface area contributed by atoms with E-state index < -0.39 is 0 Å². The predicted molar refractivity (Wildman–Crippen MR) is 75.0 cm³/mol. The molecule has 0 saturated heterocycles. The smallest absolute Gasteiger partial charge is 0.0314 e. The molecule has 0 N–H and O–H groups in total. The Morgan fingerprint density at radius 1 is 1.27 bits per heavy atom. The van der Waals surface area contributed by atoms with Crippen molar-refractivity contribution in [1.82, 2.24) is 0 Å². The van der Waals surface area contributed by atoms with Crippen LogP contribution in [0.1, 0.15) is 37.0 Å². The molecule has 1 aromatic heterocycles. The molecule has 0 bridgehead atoms.